The Morgan fingerprint density at radius 2 is 1.57 bits per heavy atom. The van der Waals surface area contributed by atoms with E-state index in [1.165, 1.54) is 4.90 Å². The van der Waals surface area contributed by atoms with E-state index in [0.717, 1.165) is 22.3 Å². The molecule has 2 amide bonds. The summed E-state index contributed by atoms with van der Waals surface area (Å²) in [6.45, 7) is 0.621. The van der Waals surface area contributed by atoms with E-state index in [0.29, 0.717) is 25.9 Å². The monoisotopic (exact) mass is 486 g/mol. The molecule has 4 rings (SSSR count). The normalized spacial score (nSPS) is 16.5. The van der Waals surface area contributed by atoms with Gasteiger partial charge in [-0.25, -0.2) is 13.6 Å². The highest BCUT2D eigenvalue weighted by Crippen LogP contribution is 2.44. The number of rotatable bonds is 8. The molecule has 0 saturated carbocycles. The van der Waals surface area contributed by atoms with Crippen LogP contribution in [-0.4, -0.2) is 60.1 Å². The Morgan fingerprint density at radius 3 is 2.11 bits per heavy atom. The van der Waals surface area contributed by atoms with Crippen molar-refractivity contribution in [1.29, 1.82) is 0 Å². The van der Waals surface area contributed by atoms with Crippen molar-refractivity contribution < 1.29 is 33.0 Å². The number of fused-ring (bicyclic) bond motifs is 3. The van der Waals surface area contributed by atoms with Crippen molar-refractivity contribution in [2.24, 2.45) is 5.92 Å². The molecule has 1 unspecified atom stereocenters. The van der Waals surface area contributed by atoms with Crippen molar-refractivity contribution in [3.05, 3.63) is 59.7 Å². The quantitative estimate of drug-likeness (QED) is 0.581. The number of carboxylic acid groups (broad SMARTS) is 1. The Hall–Kier alpha value is -3.49. The minimum Gasteiger partial charge on any atom is -0.481 e. The van der Waals surface area contributed by atoms with Crippen LogP contribution in [0.25, 0.3) is 11.1 Å². The van der Waals surface area contributed by atoms with Crippen LogP contribution in [0.1, 0.15) is 42.7 Å². The van der Waals surface area contributed by atoms with E-state index in [4.69, 9.17) is 9.84 Å². The van der Waals surface area contributed by atoms with Crippen LogP contribution in [0.3, 0.4) is 0 Å². The van der Waals surface area contributed by atoms with Gasteiger partial charge in [0.1, 0.15) is 12.6 Å². The van der Waals surface area contributed by atoms with Crippen LogP contribution in [0.2, 0.25) is 0 Å². The third-order valence-corrected chi connectivity index (χ3v) is 6.78. The fraction of sp³-hybridized carbons (Fsp3) is 0.423. The number of carboxylic acids is 1. The molecule has 186 valence electrons. The largest absolute Gasteiger partial charge is 0.481 e. The maximum atomic E-state index is 13.6. The first-order valence-corrected chi connectivity index (χ1v) is 11.7. The van der Waals surface area contributed by atoms with E-state index in [1.807, 2.05) is 48.5 Å². The van der Waals surface area contributed by atoms with Gasteiger partial charge >= 0.3 is 12.1 Å². The molecule has 0 bridgehead atoms. The van der Waals surface area contributed by atoms with Gasteiger partial charge in [-0.05, 0) is 41.0 Å². The van der Waals surface area contributed by atoms with Gasteiger partial charge in [-0.15, -0.1) is 0 Å². The number of piperidine rings is 1. The van der Waals surface area contributed by atoms with Gasteiger partial charge in [0.05, 0.1) is 6.42 Å². The number of carbonyl (C=O) groups excluding carboxylic acids is 2. The highest BCUT2D eigenvalue weighted by molar-refractivity contribution is 5.80. The minimum absolute atomic E-state index is 0.0130. The number of nitrogens with one attached hydrogen (secondary N) is 1. The van der Waals surface area contributed by atoms with E-state index < -0.39 is 36.9 Å². The zero-order chi connectivity index (χ0) is 24.9. The van der Waals surface area contributed by atoms with Crippen molar-refractivity contribution in [3.8, 4) is 11.1 Å². The van der Waals surface area contributed by atoms with E-state index in [2.05, 4.69) is 5.32 Å². The summed E-state index contributed by atoms with van der Waals surface area (Å²) in [7, 11) is 0. The van der Waals surface area contributed by atoms with Gasteiger partial charge in [0, 0.05) is 25.4 Å². The smallest absolute Gasteiger partial charge is 0.407 e. The second kappa shape index (κ2) is 10.8. The molecule has 0 spiro atoms. The number of alkyl carbamates (subject to hydrolysis) is 1. The standard InChI is InChI=1S/C26H28F2N2O5/c27-25(28)22(14-23(31)30-11-9-16(10-12-30)13-24(32)33)29-26(34)35-15-21-19-7-3-1-5-17(19)18-6-2-4-8-20(18)21/h1-8,16,21-22,25H,9-15H2,(H,29,34)(H,32,33). The molecule has 1 aliphatic carbocycles. The van der Waals surface area contributed by atoms with E-state index >= 15 is 0 Å². The molecule has 0 aromatic heterocycles. The highest BCUT2D eigenvalue weighted by atomic mass is 19.3. The number of likely N-dealkylation sites (tertiary alicyclic amines) is 1. The van der Waals surface area contributed by atoms with Gasteiger partial charge in [-0.2, -0.15) is 0 Å². The lowest BCUT2D eigenvalue weighted by atomic mass is 9.93. The number of aliphatic carboxylic acids is 1. The molecule has 35 heavy (non-hydrogen) atoms. The van der Waals surface area contributed by atoms with Crippen molar-refractivity contribution in [2.75, 3.05) is 19.7 Å². The van der Waals surface area contributed by atoms with E-state index in [9.17, 15) is 23.2 Å². The number of benzene rings is 2. The number of ether oxygens (including phenoxy) is 1. The Balaban J connectivity index is 1.31. The van der Waals surface area contributed by atoms with E-state index in [1.54, 1.807) is 0 Å². The third kappa shape index (κ3) is 5.78. The summed E-state index contributed by atoms with van der Waals surface area (Å²) in [5.41, 5.74) is 4.13. The Kier molecular flexibility index (Phi) is 7.63. The molecule has 1 atom stereocenters. The maximum Gasteiger partial charge on any atom is 0.407 e. The zero-order valence-corrected chi connectivity index (χ0v) is 19.2. The summed E-state index contributed by atoms with van der Waals surface area (Å²) < 4.78 is 32.6. The summed E-state index contributed by atoms with van der Waals surface area (Å²) in [6, 6.07) is 13.9. The molecule has 9 heteroatoms. The summed E-state index contributed by atoms with van der Waals surface area (Å²) in [5, 5.41) is 11.1. The van der Waals surface area contributed by atoms with Crippen LogP contribution in [0.4, 0.5) is 13.6 Å². The van der Waals surface area contributed by atoms with Crippen molar-refractivity contribution >= 4 is 18.0 Å². The third-order valence-electron chi connectivity index (χ3n) is 6.78. The number of halogens is 2. The molecule has 7 nitrogen and oxygen atoms in total. The molecule has 1 heterocycles. The predicted molar refractivity (Wildman–Crippen MR) is 124 cm³/mol. The topological polar surface area (TPSA) is 95.9 Å². The summed E-state index contributed by atoms with van der Waals surface area (Å²) >= 11 is 0. The van der Waals surface area contributed by atoms with Crippen molar-refractivity contribution in [3.63, 3.8) is 0 Å². The summed E-state index contributed by atoms with van der Waals surface area (Å²) in [6.07, 6.45) is -3.43. The maximum absolute atomic E-state index is 13.6. The molecule has 1 aliphatic heterocycles. The van der Waals surface area contributed by atoms with Crippen LogP contribution in [0, 0.1) is 5.92 Å². The second-order valence-corrected chi connectivity index (χ2v) is 9.04. The lowest BCUT2D eigenvalue weighted by molar-refractivity contribution is -0.138. The molecule has 2 aliphatic rings. The average Bonchev–Trinajstić information content (AvgIpc) is 3.16. The highest BCUT2D eigenvalue weighted by Gasteiger charge is 2.32. The number of carbonyl (C=O) groups is 3. The van der Waals surface area contributed by atoms with Crippen molar-refractivity contribution in [2.45, 2.75) is 44.1 Å². The fourth-order valence-corrected chi connectivity index (χ4v) is 4.95. The first kappa shape index (κ1) is 24.6. The number of alkyl halides is 2. The van der Waals surface area contributed by atoms with Crippen LogP contribution >= 0.6 is 0 Å². The van der Waals surface area contributed by atoms with Gasteiger partial charge in [0.2, 0.25) is 5.91 Å². The van der Waals surface area contributed by atoms with Gasteiger partial charge < -0.3 is 20.1 Å². The molecule has 1 fully saturated rings. The lowest BCUT2D eigenvalue weighted by Crippen LogP contribution is -2.46. The zero-order valence-electron chi connectivity index (χ0n) is 19.2. The number of nitrogens with zero attached hydrogens (tertiary/aromatic N) is 1. The van der Waals surface area contributed by atoms with Crippen LogP contribution in [0.15, 0.2) is 48.5 Å². The number of hydrogen-bond acceptors (Lipinski definition) is 4. The van der Waals surface area contributed by atoms with E-state index in [-0.39, 0.29) is 24.9 Å². The van der Waals surface area contributed by atoms with Crippen LogP contribution in [-0.2, 0) is 14.3 Å². The number of hydrogen-bond donors (Lipinski definition) is 2. The summed E-state index contributed by atoms with van der Waals surface area (Å²) in [5.74, 6) is -1.61. The fourth-order valence-electron chi connectivity index (χ4n) is 4.95. The average molecular weight is 487 g/mol. The molecule has 2 aromatic rings. The molecule has 2 N–H and O–H groups in total. The molecular weight excluding hydrogens is 458 g/mol. The van der Waals surface area contributed by atoms with Gasteiger partial charge in [0.25, 0.3) is 6.43 Å². The molecule has 2 aromatic carbocycles. The Morgan fingerprint density at radius 1 is 1.00 bits per heavy atom. The number of amides is 2. The van der Waals surface area contributed by atoms with Gasteiger partial charge in [-0.1, -0.05) is 48.5 Å². The Labute approximate surface area is 202 Å². The van der Waals surface area contributed by atoms with Crippen LogP contribution in [0.5, 0.6) is 0 Å². The van der Waals surface area contributed by atoms with Crippen LogP contribution < -0.4 is 5.32 Å². The van der Waals surface area contributed by atoms with Crippen molar-refractivity contribution in [1.82, 2.24) is 10.2 Å². The molecule has 1 saturated heterocycles. The van der Waals surface area contributed by atoms with Gasteiger partial charge in [0.15, 0.2) is 0 Å². The second-order valence-electron chi connectivity index (χ2n) is 9.04. The van der Waals surface area contributed by atoms with Gasteiger partial charge in [-0.3, -0.25) is 9.59 Å². The lowest BCUT2D eigenvalue weighted by Gasteiger charge is -2.32. The first-order valence-electron chi connectivity index (χ1n) is 11.7. The minimum atomic E-state index is -2.94. The Bertz CT molecular complexity index is 1040. The first-order chi connectivity index (χ1) is 16.8. The predicted octanol–water partition coefficient (Wildman–Crippen LogP) is 4.26. The molecular formula is C26H28F2N2O5. The molecule has 0 radical (unpaired) electrons. The SMILES string of the molecule is O=C(O)CC1CCN(C(=O)CC(NC(=O)OCC2c3ccccc3-c3ccccc32)C(F)F)CC1. The summed E-state index contributed by atoms with van der Waals surface area (Å²) in [4.78, 5) is 37.2.